The summed E-state index contributed by atoms with van der Waals surface area (Å²) < 4.78 is 16.9. The first-order valence-electron chi connectivity index (χ1n) is 32.6. The number of carbonyl (C=O) groups is 3. The van der Waals surface area contributed by atoms with E-state index in [2.05, 4.69) is 69.4 Å². The van der Waals surface area contributed by atoms with Gasteiger partial charge in [0.2, 0.25) is 0 Å². The molecule has 0 N–H and O–H groups in total. The van der Waals surface area contributed by atoms with Crippen LogP contribution < -0.4 is 0 Å². The minimum Gasteiger partial charge on any atom is -0.462 e. The second kappa shape index (κ2) is 62.9. The van der Waals surface area contributed by atoms with Gasteiger partial charge in [0.1, 0.15) is 13.2 Å². The van der Waals surface area contributed by atoms with Gasteiger partial charge < -0.3 is 14.2 Å². The molecule has 0 saturated heterocycles. The zero-order chi connectivity index (χ0) is 53.6. The van der Waals surface area contributed by atoms with Crippen LogP contribution in [0.25, 0.3) is 0 Å². The molecule has 0 spiro atoms. The number of rotatable bonds is 60. The lowest BCUT2D eigenvalue weighted by molar-refractivity contribution is -0.167. The quantitative estimate of drug-likeness (QED) is 0.0261. The van der Waals surface area contributed by atoms with E-state index in [4.69, 9.17) is 14.2 Å². The van der Waals surface area contributed by atoms with Crippen LogP contribution >= 0.6 is 0 Å². The maximum atomic E-state index is 12.9. The average molecular weight is 1040 g/mol. The van der Waals surface area contributed by atoms with E-state index in [-0.39, 0.29) is 31.1 Å². The van der Waals surface area contributed by atoms with Crippen LogP contribution in [0, 0.1) is 0 Å². The second-order valence-corrected chi connectivity index (χ2v) is 22.0. The predicted molar refractivity (Wildman–Crippen MR) is 321 cm³/mol. The van der Waals surface area contributed by atoms with Crippen LogP contribution in [0.1, 0.15) is 348 Å². The minimum absolute atomic E-state index is 0.0801. The summed E-state index contributed by atoms with van der Waals surface area (Å²) in [5, 5.41) is 0. The van der Waals surface area contributed by atoms with Crippen molar-refractivity contribution in [1.29, 1.82) is 0 Å². The zero-order valence-corrected chi connectivity index (χ0v) is 49.6. The van der Waals surface area contributed by atoms with Crippen molar-refractivity contribution in [3.63, 3.8) is 0 Å². The molecule has 432 valence electrons. The molecule has 0 aliphatic rings. The molecule has 6 heteroatoms. The molecule has 1 atom stereocenters. The van der Waals surface area contributed by atoms with Crippen molar-refractivity contribution in [1.82, 2.24) is 0 Å². The van der Waals surface area contributed by atoms with Gasteiger partial charge in [-0.25, -0.2) is 0 Å². The first-order valence-corrected chi connectivity index (χ1v) is 32.6. The first kappa shape index (κ1) is 71.4. The van der Waals surface area contributed by atoms with Gasteiger partial charge in [-0.3, -0.25) is 14.4 Å². The SMILES string of the molecule is CCCCCC/C=C\C/C=C\CCCCCCCC(=O)OCC(COC(=O)CCCCCCCCCCCCCCCCCCCCCCCCCC)OC(=O)CCCCCCC/C=C\C/C=C\CCCCCC. The molecule has 0 aromatic rings. The molecule has 0 aliphatic heterocycles. The molecule has 0 heterocycles. The largest absolute Gasteiger partial charge is 0.462 e. The molecule has 0 saturated carbocycles. The Balaban J connectivity index is 4.30. The molecule has 0 amide bonds. The maximum absolute atomic E-state index is 12.9. The predicted octanol–water partition coefficient (Wildman–Crippen LogP) is 22.2. The highest BCUT2D eigenvalue weighted by Crippen LogP contribution is 2.17. The van der Waals surface area contributed by atoms with E-state index in [1.54, 1.807) is 0 Å². The zero-order valence-electron chi connectivity index (χ0n) is 49.6. The van der Waals surface area contributed by atoms with Crippen molar-refractivity contribution in [2.24, 2.45) is 0 Å². The Morgan fingerprint density at radius 3 is 0.757 bits per heavy atom. The molecule has 6 nitrogen and oxygen atoms in total. The standard InChI is InChI=1S/C68H124O6/c1-4-7-10-13-16-19-22-25-28-31-32-33-34-35-36-37-38-41-43-46-49-52-55-58-61-67(70)73-64-65(74-68(71)62-59-56-53-50-47-44-40-30-27-24-21-18-15-12-9-6-3)63-72-66(69)60-57-54-51-48-45-42-39-29-26-23-20-17-14-11-8-5-2/h20-21,23-24,29-30,39-40,65H,4-19,22,25-28,31-38,41-64H2,1-3H3/b23-20-,24-21-,39-29-,40-30-. The van der Waals surface area contributed by atoms with Gasteiger partial charge in [-0.15, -0.1) is 0 Å². The van der Waals surface area contributed by atoms with Gasteiger partial charge in [0, 0.05) is 19.3 Å². The summed E-state index contributed by atoms with van der Waals surface area (Å²) >= 11 is 0. The van der Waals surface area contributed by atoms with Crippen LogP contribution in [0.5, 0.6) is 0 Å². The van der Waals surface area contributed by atoms with Crippen LogP contribution in [0.3, 0.4) is 0 Å². The Hall–Kier alpha value is -2.63. The van der Waals surface area contributed by atoms with Crippen molar-refractivity contribution < 1.29 is 28.6 Å². The molecule has 0 fully saturated rings. The number of unbranched alkanes of at least 4 members (excludes halogenated alkanes) is 41. The van der Waals surface area contributed by atoms with Gasteiger partial charge >= 0.3 is 17.9 Å². The summed E-state index contributed by atoms with van der Waals surface area (Å²) in [5.74, 6) is -0.888. The monoisotopic (exact) mass is 1040 g/mol. The van der Waals surface area contributed by atoms with Gasteiger partial charge in [-0.1, -0.05) is 294 Å². The minimum atomic E-state index is -0.786. The Labute approximate surface area is 460 Å². The van der Waals surface area contributed by atoms with Crippen LogP contribution in [-0.2, 0) is 28.6 Å². The Bertz CT molecular complexity index is 1280. The molecular weight excluding hydrogens is 913 g/mol. The smallest absolute Gasteiger partial charge is 0.306 e. The Morgan fingerprint density at radius 2 is 0.486 bits per heavy atom. The highest BCUT2D eigenvalue weighted by atomic mass is 16.6. The third-order valence-electron chi connectivity index (χ3n) is 14.6. The third kappa shape index (κ3) is 60.2. The molecule has 0 rings (SSSR count). The number of esters is 3. The van der Waals surface area contributed by atoms with Crippen molar-refractivity contribution in [3.05, 3.63) is 48.6 Å². The molecule has 0 bridgehead atoms. The molecule has 0 aromatic carbocycles. The number of hydrogen-bond acceptors (Lipinski definition) is 6. The maximum Gasteiger partial charge on any atom is 0.306 e. The molecular formula is C68H124O6. The van der Waals surface area contributed by atoms with Crippen molar-refractivity contribution >= 4 is 17.9 Å². The van der Waals surface area contributed by atoms with Crippen LogP contribution in [0.4, 0.5) is 0 Å². The summed E-state index contributed by atoms with van der Waals surface area (Å²) in [6.45, 7) is 6.64. The Morgan fingerprint density at radius 1 is 0.270 bits per heavy atom. The van der Waals surface area contributed by atoms with Gasteiger partial charge in [0.05, 0.1) is 0 Å². The number of ether oxygens (including phenoxy) is 3. The number of carbonyl (C=O) groups excluding carboxylic acids is 3. The van der Waals surface area contributed by atoms with Gasteiger partial charge in [0.15, 0.2) is 6.10 Å². The van der Waals surface area contributed by atoms with E-state index in [0.29, 0.717) is 19.3 Å². The number of hydrogen-bond donors (Lipinski definition) is 0. The highest BCUT2D eigenvalue weighted by molar-refractivity contribution is 5.71. The fraction of sp³-hybridized carbons (Fsp3) is 0.838. The lowest BCUT2D eigenvalue weighted by Crippen LogP contribution is -2.30. The van der Waals surface area contributed by atoms with Crippen LogP contribution in [0.2, 0.25) is 0 Å². The molecule has 74 heavy (non-hydrogen) atoms. The lowest BCUT2D eigenvalue weighted by Gasteiger charge is -2.18. The fourth-order valence-electron chi connectivity index (χ4n) is 9.62. The second-order valence-electron chi connectivity index (χ2n) is 22.0. The van der Waals surface area contributed by atoms with E-state index in [1.807, 2.05) is 0 Å². The van der Waals surface area contributed by atoms with Crippen molar-refractivity contribution in [2.75, 3.05) is 13.2 Å². The summed E-state index contributed by atoms with van der Waals surface area (Å²) in [6, 6.07) is 0. The van der Waals surface area contributed by atoms with E-state index in [9.17, 15) is 14.4 Å². The molecule has 0 aliphatic carbocycles. The summed E-state index contributed by atoms with van der Waals surface area (Å²) in [5.41, 5.74) is 0. The molecule has 0 aromatic heterocycles. The molecule has 0 radical (unpaired) electrons. The van der Waals surface area contributed by atoms with Crippen molar-refractivity contribution in [2.45, 2.75) is 354 Å². The van der Waals surface area contributed by atoms with Crippen LogP contribution in [0.15, 0.2) is 48.6 Å². The topological polar surface area (TPSA) is 78.9 Å². The van der Waals surface area contributed by atoms with E-state index < -0.39 is 6.10 Å². The van der Waals surface area contributed by atoms with Gasteiger partial charge in [-0.2, -0.15) is 0 Å². The average Bonchev–Trinajstić information content (AvgIpc) is 3.40. The lowest BCUT2D eigenvalue weighted by atomic mass is 10.0. The van der Waals surface area contributed by atoms with E-state index >= 15 is 0 Å². The van der Waals surface area contributed by atoms with Crippen molar-refractivity contribution in [3.8, 4) is 0 Å². The Kier molecular flexibility index (Phi) is 60.7. The fourth-order valence-corrected chi connectivity index (χ4v) is 9.62. The van der Waals surface area contributed by atoms with Crippen LogP contribution in [-0.4, -0.2) is 37.2 Å². The van der Waals surface area contributed by atoms with E-state index in [0.717, 1.165) is 103 Å². The number of allylic oxidation sites excluding steroid dienone is 8. The molecule has 1 unspecified atom stereocenters. The summed E-state index contributed by atoms with van der Waals surface area (Å²) in [7, 11) is 0. The van der Waals surface area contributed by atoms with Gasteiger partial charge in [0.25, 0.3) is 0 Å². The summed E-state index contributed by atoms with van der Waals surface area (Å²) in [6.07, 6.45) is 78.4. The van der Waals surface area contributed by atoms with E-state index in [1.165, 1.54) is 205 Å². The van der Waals surface area contributed by atoms with Gasteiger partial charge in [-0.05, 0) is 83.5 Å². The highest BCUT2D eigenvalue weighted by Gasteiger charge is 2.19. The first-order chi connectivity index (χ1) is 36.5. The normalized spacial score (nSPS) is 12.3. The third-order valence-corrected chi connectivity index (χ3v) is 14.6. The summed E-state index contributed by atoms with van der Waals surface area (Å²) in [4.78, 5) is 38.3.